The normalized spacial score (nSPS) is 29.6. The second kappa shape index (κ2) is 2.95. The minimum atomic E-state index is -0.853. The quantitative estimate of drug-likeness (QED) is 0.677. The van der Waals surface area contributed by atoms with Crippen molar-refractivity contribution in [1.82, 2.24) is 0 Å². The Bertz CT molecular complexity index is 351. The first kappa shape index (κ1) is 10.9. The molecular weight excluding hydrogens is 208 g/mol. The zero-order chi connectivity index (χ0) is 11.4. The van der Waals surface area contributed by atoms with Crippen LogP contribution >= 0.6 is 0 Å². The Labute approximate surface area is 92.2 Å². The van der Waals surface area contributed by atoms with Crippen molar-refractivity contribution in [2.24, 2.45) is 5.41 Å². The SMILES string of the molecule is C[Si](C)OC1(C(C)(C)C)CC(=O)C2=C1O2. The van der Waals surface area contributed by atoms with Crippen LogP contribution in [0.15, 0.2) is 11.5 Å². The average molecular weight is 225 g/mol. The highest BCUT2D eigenvalue weighted by Gasteiger charge is 2.63. The van der Waals surface area contributed by atoms with E-state index in [1.807, 2.05) is 0 Å². The zero-order valence-electron chi connectivity index (χ0n) is 9.93. The van der Waals surface area contributed by atoms with Crippen LogP contribution in [-0.4, -0.2) is 20.4 Å². The second-order valence-corrected chi connectivity index (χ2v) is 7.47. The molecule has 4 heteroatoms. The first-order chi connectivity index (χ1) is 6.78. The number of hydrogen-bond donors (Lipinski definition) is 0. The third kappa shape index (κ3) is 1.47. The largest absolute Gasteiger partial charge is 0.447 e. The lowest BCUT2D eigenvalue weighted by molar-refractivity contribution is -0.124. The monoisotopic (exact) mass is 225 g/mol. The Balaban J connectivity index is 2.35. The number of ketones is 1. The molecule has 2 aliphatic rings. The molecule has 0 N–H and O–H groups in total. The molecular formula is C11H17O3Si. The Morgan fingerprint density at radius 2 is 2.00 bits per heavy atom. The van der Waals surface area contributed by atoms with Crippen molar-refractivity contribution >= 4 is 14.8 Å². The van der Waals surface area contributed by atoms with Crippen molar-refractivity contribution in [2.75, 3.05) is 0 Å². The maximum absolute atomic E-state index is 11.6. The van der Waals surface area contributed by atoms with E-state index in [0.29, 0.717) is 12.2 Å². The molecule has 0 bridgehead atoms. The highest BCUT2D eigenvalue weighted by molar-refractivity contribution is 6.48. The highest BCUT2D eigenvalue weighted by Crippen LogP contribution is 2.56. The predicted octanol–water partition coefficient (Wildman–Crippen LogP) is 2.25. The summed E-state index contributed by atoms with van der Waals surface area (Å²) in [5.41, 5.74) is -0.588. The van der Waals surface area contributed by atoms with E-state index in [4.69, 9.17) is 9.16 Å². The molecule has 1 atom stereocenters. The van der Waals surface area contributed by atoms with E-state index in [9.17, 15) is 4.79 Å². The van der Waals surface area contributed by atoms with E-state index in [1.165, 1.54) is 0 Å². The minimum Gasteiger partial charge on any atom is -0.447 e. The molecule has 0 saturated heterocycles. The predicted molar refractivity (Wildman–Crippen MR) is 58.5 cm³/mol. The summed E-state index contributed by atoms with van der Waals surface area (Å²) >= 11 is 0. The van der Waals surface area contributed by atoms with Gasteiger partial charge in [0.15, 0.2) is 5.76 Å². The van der Waals surface area contributed by atoms with Gasteiger partial charge in [0.1, 0.15) is 5.60 Å². The van der Waals surface area contributed by atoms with Crippen molar-refractivity contribution in [3.63, 3.8) is 0 Å². The van der Waals surface area contributed by atoms with E-state index >= 15 is 0 Å². The fourth-order valence-corrected chi connectivity index (χ4v) is 3.27. The molecule has 15 heavy (non-hydrogen) atoms. The second-order valence-electron chi connectivity index (χ2n) is 5.45. The molecule has 0 fully saturated rings. The van der Waals surface area contributed by atoms with Crippen LogP contribution in [-0.2, 0) is 14.0 Å². The number of allylic oxidation sites excluding steroid dienone is 1. The van der Waals surface area contributed by atoms with E-state index < -0.39 is 14.6 Å². The van der Waals surface area contributed by atoms with Gasteiger partial charge in [-0.25, -0.2) is 0 Å². The van der Waals surface area contributed by atoms with Crippen LogP contribution in [0.1, 0.15) is 27.2 Å². The Morgan fingerprint density at radius 3 is 2.27 bits per heavy atom. The lowest BCUT2D eigenvalue weighted by Crippen LogP contribution is -2.48. The maximum Gasteiger partial charge on any atom is 0.211 e. The fourth-order valence-electron chi connectivity index (χ4n) is 2.10. The first-order valence-corrected chi connectivity index (χ1v) is 7.64. The van der Waals surface area contributed by atoms with Crippen LogP contribution in [0.2, 0.25) is 13.1 Å². The van der Waals surface area contributed by atoms with Gasteiger partial charge in [0, 0.05) is 0 Å². The summed E-state index contributed by atoms with van der Waals surface area (Å²) in [6.45, 7) is 10.5. The standard InChI is InChI=1S/C11H17O3Si/c1-10(2,3)11(14-15(4)5)6-7(12)8-9(11)13-8/h6H2,1-5H3. The summed E-state index contributed by atoms with van der Waals surface area (Å²) in [5, 5.41) is 0. The molecule has 1 radical (unpaired) electrons. The van der Waals surface area contributed by atoms with Crippen LogP contribution in [0.3, 0.4) is 0 Å². The topological polar surface area (TPSA) is 38.8 Å². The molecule has 1 aliphatic carbocycles. The number of carbonyl (C=O) groups is 1. The van der Waals surface area contributed by atoms with Crippen molar-refractivity contribution in [3.05, 3.63) is 11.5 Å². The summed E-state index contributed by atoms with van der Waals surface area (Å²) in [7, 11) is -0.853. The molecule has 2 rings (SSSR count). The molecule has 0 saturated carbocycles. The van der Waals surface area contributed by atoms with Gasteiger partial charge in [-0.05, 0) is 18.5 Å². The molecule has 1 aliphatic heterocycles. The number of ether oxygens (including phenoxy) is 1. The summed E-state index contributed by atoms with van der Waals surface area (Å²) in [6.07, 6.45) is 0.455. The first-order valence-electron chi connectivity index (χ1n) is 5.23. The minimum absolute atomic E-state index is 0.0990. The lowest BCUT2D eigenvalue weighted by Gasteiger charge is -2.41. The zero-order valence-corrected chi connectivity index (χ0v) is 10.9. The summed E-state index contributed by atoms with van der Waals surface area (Å²) in [5.74, 6) is 1.46. The summed E-state index contributed by atoms with van der Waals surface area (Å²) < 4.78 is 11.4. The Morgan fingerprint density at radius 1 is 1.40 bits per heavy atom. The van der Waals surface area contributed by atoms with Crippen LogP contribution in [0.25, 0.3) is 0 Å². The molecule has 83 valence electrons. The fraction of sp³-hybridized carbons (Fsp3) is 0.727. The van der Waals surface area contributed by atoms with Gasteiger partial charge in [-0.3, -0.25) is 4.79 Å². The van der Waals surface area contributed by atoms with Crippen LogP contribution in [0, 0.1) is 5.41 Å². The van der Waals surface area contributed by atoms with E-state index in [0.717, 1.165) is 5.76 Å². The van der Waals surface area contributed by atoms with Crippen molar-refractivity contribution in [1.29, 1.82) is 0 Å². The van der Waals surface area contributed by atoms with Crippen molar-refractivity contribution < 1.29 is 14.0 Å². The maximum atomic E-state index is 11.6. The van der Waals surface area contributed by atoms with Gasteiger partial charge in [0.25, 0.3) is 0 Å². The van der Waals surface area contributed by atoms with Crippen LogP contribution in [0.5, 0.6) is 0 Å². The number of Topliss-reactive ketones (excluding diaryl/α,β-unsaturated/α-hetero) is 1. The molecule has 0 amide bonds. The highest BCUT2D eigenvalue weighted by atomic mass is 28.3. The van der Waals surface area contributed by atoms with Gasteiger partial charge in [-0.15, -0.1) is 0 Å². The van der Waals surface area contributed by atoms with Gasteiger partial charge in [0.2, 0.25) is 20.6 Å². The van der Waals surface area contributed by atoms with E-state index in [2.05, 4.69) is 33.9 Å². The molecule has 1 unspecified atom stereocenters. The smallest absolute Gasteiger partial charge is 0.211 e. The Kier molecular flexibility index (Phi) is 2.14. The average Bonchev–Trinajstić information content (AvgIpc) is 2.73. The van der Waals surface area contributed by atoms with E-state index in [1.54, 1.807) is 0 Å². The van der Waals surface area contributed by atoms with Gasteiger partial charge in [0.05, 0.1) is 6.42 Å². The van der Waals surface area contributed by atoms with E-state index in [-0.39, 0.29) is 11.2 Å². The molecule has 0 aromatic heterocycles. The van der Waals surface area contributed by atoms with Gasteiger partial charge >= 0.3 is 0 Å². The molecule has 0 aromatic carbocycles. The van der Waals surface area contributed by atoms with Crippen molar-refractivity contribution in [2.45, 2.75) is 45.9 Å². The van der Waals surface area contributed by atoms with Crippen LogP contribution < -0.4 is 0 Å². The van der Waals surface area contributed by atoms with Crippen molar-refractivity contribution in [3.8, 4) is 0 Å². The molecule has 0 spiro atoms. The molecule has 1 heterocycles. The number of carbonyl (C=O) groups excluding carboxylic acids is 1. The van der Waals surface area contributed by atoms with Gasteiger partial charge < -0.3 is 9.16 Å². The third-order valence-electron chi connectivity index (χ3n) is 2.99. The number of rotatable bonds is 2. The van der Waals surface area contributed by atoms with Gasteiger partial charge in [-0.2, -0.15) is 0 Å². The molecule has 0 aromatic rings. The third-order valence-corrected chi connectivity index (χ3v) is 3.74. The van der Waals surface area contributed by atoms with Crippen LogP contribution in [0.4, 0.5) is 0 Å². The number of hydrogen-bond acceptors (Lipinski definition) is 3. The summed E-state index contributed by atoms with van der Waals surface area (Å²) in [4.78, 5) is 11.6. The Hall–Kier alpha value is -0.613. The molecule has 3 nitrogen and oxygen atoms in total. The van der Waals surface area contributed by atoms with Gasteiger partial charge in [-0.1, -0.05) is 20.8 Å². The lowest BCUT2D eigenvalue weighted by atomic mass is 9.75. The summed E-state index contributed by atoms with van der Waals surface area (Å²) in [6, 6.07) is 0.